The third-order valence-corrected chi connectivity index (χ3v) is 3.71. The fourth-order valence-corrected chi connectivity index (χ4v) is 2.58. The summed E-state index contributed by atoms with van der Waals surface area (Å²) in [5.74, 6) is 1.64. The lowest BCUT2D eigenvalue weighted by molar-refractivity contribution is 0.441. The van der Waals surface area contributed by atoms with Crippen LogP contribution in [0.2, 0.25) is 0 Å². The van der Waals surface area contributed by atoms with Crippen molar-refractivity contribution in [3.63, 3.8) is 0 Å². The van der Waals surface area contributed by atoms with E-state index in [0.717, 1.165) is 22.4 Å². The predicted octanol–water partition coefficient (Wildman–Crippen LogP) is 3.44. The molecule has 2 heterocycles. The summed E-state index contributed by atoms with van der Waals surface area (Å²) in [6.07, 6.45) is 3.31. The highest BCUT2D eigenvalue weighted by Gasteiger charge is 2.03. The van der Waals surface area contributed by atoms with Gasteiger partial charge in [0.1, 0.15) is 11.6 Å². The van der Waals surface area contributed by atoms with E-state index in [1.54, 1.807) is 18.5 Å². The zero-order valence-corrected chi connectivity index (χ0v) is 13.5. The van der Waals surface area contributed by atoms with Crippen LogP contribution in [-0.4, -0.2) is 19.9 Å². The van der Waals surface area contributed by atoms with E-state index in [9.17, 15) is 0 Å². The molecule has 0 saturated heterocycles. The highest BCUT2D eigenvalue weighted by Crippen LogP contribution is 2.18. The third-order valence-electron chi connectivity index (χ3n) is 3.71. The van der Waals surface area contributed by atoms with Gasteiger partial charge in [0.15, 0.2) is 0 Å². The van der Waals surface area contributed by atoms with Crippen LogP contribution in [0.25, 0.3) is 11.0 Å². The van der Waals surface area contributed by atoms with E-state index in [1.807, 2.05) is 48.5 Å². The molecule has 0 aliphatic carbocycles. The Bertz CT molecular complexity index is 935. The minimum Gasteiger partial charge on any atom is -0.424 e. The number of aromatic amines is 1. The Morgan fingerprint density at radius 1 is 0.920 bits per heavy atom. The van der Waals surface area contributed by atoms with Gasteiger partial charge in [-0.15, -0.1) is 0 Å². The summed E-state index contributed by atoms with van der Waals surface area (Å²) >= 11 is 0. The summed E-state index contributed by atoms with van der Waals surface area (Å²) < 4.78 is 5.65. The van der Waals surface area contributed by atoms with Crippen molar-refractivity contribution in [1.82, 2.24) is 25.3 Å². The van der Waals surface area contributed by atoms with Crippen LogP contribution < -0.4 is 10.1 Å². The van der Waals surface area contributed by atoms with Gasteiger partial charge < -0.3 is 15.0 Å². The lowest BCUT2D eigenvalue weighted by Gasteiger charge is -2.07. The maximum atomic E-state index is 5.65. The number of nitrogens with zero attached hydrogens (tertiary/aromatic N) is 3. The van der Waals surface area contributed by atoms with Crippen molar-refractivity contribution in [3.05, 3.63) is 78.4 Å². The second-order valence-electron chi connectivity index (χ2n) is 5.59. The van der Waals surface area contributed by atoms with Crippen LogP contribution in [-0.2, 0) is 13.1 Å². The first kappa shape index (κ1) is 15.3. The van der Waals surface area contributed by atoms with E-state index in [-0.39, 0.29) is 0 Å². The first-order chi connectivity index (χ1) is 12.4. The topological polar surface area (TPSA) is 75.7 Å². The smallest absolute Gasteiger partial charge is 0.321 e. The number of imidazole rings is 1. The number of benzene rings is 2. The van der Waals surface area contributed by atoms with E-state index < -0.39 is 0 Å². The molecule has 0 aliphatic rings. The van der Waals surface area contributed by atoms with Gasteiger partial charge in [0, 0.05) is 18.9 Å². The molecule has 0 atom stereocenters. The van der Waals surface area contributed by atoms with Crippen LogP contribution in [0, 0.1) is 0 Å². The molecule has 0 radical (unpaired) electrons. The van der Waals surface area contributed by atoms with Crippen molar-refractivity contribution in [2.24, 2.45) is 0 Å². The Hall–Kier alpha value is -3.25. The van der Waals surface area contributed by atoms with E-state index in [0.29, 0.717) is 24.8 Å². The van der Waals surface area contributed by atoms with Crippen LogP contribution in [0.5, 0.6) is 11.8 Å². The van der Waals surface area contributed by atoms with Gasteiger partial charge >= 0.3 is 6.01 Å². The number of H-pyrrole nitrogens is 1. The Balaban J connectivity index is 1.37. The molecule has 6 nitrogen and oxygen atoms in total. The Morgan fingerprint density at radius 3 is 2.68 bits per heavy atom. The summed E-state index contributed by atoms with van der Waals surface area (Å²) in [5.41, 5.74) is 3.15. The number of hydrogen-bond donors (Lipinski definition) is 2. The first-order valence-corrected chi connectivity index (χ1v) is 8.05. The fraction of sp³-hybridized carbons (Fsp3) is 0.105. The lowest BCUT2D eigenvalue weighted by Crippen LogP contribution is -2.13. The van der Waals surface area contributed by atoms with Gasteiger partial charge in [-0.2, -0.15) is 0 Å². The molecule has 0 spiro atoms. The third kappa shape index (κ3) is 3.81. The summed E-state index contributed by atoms with van der Waals surface area (Å²) in [5, 5.41) is 3.39. The number of ether oxygens (including phenoxy) is 1. The minimum atomic E-state index is 0.342. The number of hydrogen-bond acceptors (Lipinski definition) is 5. The molecule has 2 aromatic carbocycles. The van der Waals surface area contributed by atoms with Gasteiger partial charge in [-0.3, -0.25) is 0 Å². The molecule has 0 amide bonds. The molecule has 0 unspecified atom stereocenters. The summed E-state index contributed by atoms with van der Waals surface area (Å²) in [7, 11) is 0. The Morgan fingerprint density at radius 2 is 1.80 bits per heavy atom. The van der Waals surface area contributed by atoms with Crippen LogP contribution in [0.1, 0.15) is 11.4 Å². The highest BCUT2D eigenvalue weighted by atomic mass is 16.5. The zero-order chi connectivity index (χ0) is 16.9. The molecule has 25 heavy (non-hydrogen) atoms. The van der Waals surface area contributed by atoms with Gasteiger partial charge in [-0.05, 0) is 35.9 Å². The number of para-hydroxylation sites is 2. The highest BCUT2D eigenvalue weighted by molar-refractivity contribution is 5.74. The number of aromatic nitrogens is 4. The quantitative estimate of drug-likeness (QED) is 0.566. The Labute approximate surface area is 144 Å². The number of rotatable bonds is 6. The SMILES string of the molecule is c1cnc(Oc2cccc(CNCc3nc4ccccc4[nH]3)c2)nc1. The molecular formula is C19H17N5O. The molecule has 0 aliphatic heterocycles. The molecule has 4 rings (SSSR count). The van der Waals surface area contributed by atoms with Crippen LogP contribution in [0.3, 0.4) is 0 Å². The average molecular weight is 331 g/mol. The van der Waals surface area contributed by atoms with Crippen molar-refractivity contribution < 1.29 is 4.74 Å². The first-order valence-electron chi connectivity index (χ1n) is 8.05. The number of fused-ring (bicyclic) bond motifs is 1. The average Bonchev–Trinajstić information content (AvgIpc) is 3.06. The standard InChI is InChI=1S/C19H17N5O/c1-2-8-17-16(7-1)23-18(24-17)13-20-12-14-5-3-6-15(11-14)25-19-21-9-4-10-22-19/h1-11,20H,12-13H2,(H,23,24). The zero-order valence-electron chi connectivity index (χ0n) is 13.5. The molecule has 2 aromatic heterocycles. The van der Waals surface area contributed by atoms with Crippen LogP contribution in [0.15, 0.2) is 67.0 Å². The fourth-order valence-electron chi connectivity index (χ4n) is 2.58. The molecule has 4 aromatic rings. The van der Waals surface area contributed by atoms with Gasteiger partial charge in [-0.1, -0.05) is 24.3 Å². The van der Waals surface area contributed by atoms with Crippen molar-refractivity contribution in [2.45, 2.75) is 13.1 Å². The summed E-state index contributed by atoms with van der Waals surface area (Å²) in [6.45, 7) is 1.38. The van der Waals surface area contributed by atoms with Gasteiger partial charge in [0.25, 0.3) is 0 Å². The summed E-state index contributed by atoms with van der Waals surface area (Å²) in [6, 6.07) is 18.0. The van der Waals surface area contributed by atoms with Gasteiger partial charge in [0.2, 0.25) is 0 Å². The monoisotopic (exact) mass is 331 g/mol. The summed E-state index contributed by atoms with van der Waals surface area (Å²) in [4.78, 5) is 16.0. The predicted molar refractivity (Wildman–Crippen MR) is 95.2 cm³/mol. The van der Waals surface area contributed by atoms with Crippen LogP contribution in [0.4, 0.5) is 0 Å². The molecule has 0 fully saturated rings. The van der Waals surface area contributed by atoms with Gasteiger partial charge in [0.05, 0.1) is 17.6 Å². The second-order valence-corrected chi connectivity index (χ2v) is 5.59. The van der Waals surface area contributed by atoms with E-state index >= 15 is 0 Å². The molecule has 6 heteroatoms. The van der Waals surface area contributed by atoms with E-state index in [1.165, 1.54) is 0 Å². The largest absolute Gasteiger partial charge is 0.424 e. The number of nitrogens with one attached hydrogen (secondary N) is 2. The maximum absolute atomic E-state index is 5.65. The molecule has 0 saturated carbocycles. The van der Waals surface area contributed by atoms with Crippen molar-refractivity contribution in [2.75, 3.05) is 0 Å². The molecule has 2 N–H and O–H groups in total. The molecule has 124 valence electrons. The second kappa shape index (κ2) is 7.11. The van der Waals surface area contributed by atoms with E-state index in [4.69, 9.17) is 4.74 Å². The van der Waals surface area contributed by atoms with Crippen LogP contribution >= 0.6 is 0 Å². The minimum absolute atomic E-state index is 0.342. The van der Waals surface area contributed by atoms with Crippen molar-refractivity contribution in [3.8, 4) is 11.8 Å². The normalized spacial score (nSPS) is 10.9. The Kier molecular flexibility index (Phi) is 4.35. The molecule has 0 bridgehead atoms. The lowest BCUT2D eigenvalue weighted by atomic mass is 10.2. The maximum Gasteiger partial charge on any atom is 0.321 e. The molecular weight excluding hydrogens is 314 g/mol. The van der Waals surface area contributed by atoms with Gasteiger partial charge in [-0.25, -0.2) is 15.0 Å². The van der Waals surface area contributed by atoms with Crippen molar-refractivity contribution >= 4 is 11.0 Å². The van der Waals surface area contributed by atoms with E-state index in [2.05, 4.69) is 25.3 Å². The van der Waals surface area contributed by atoms with Crippen molar-refractivity contribution in [1.29, 1.82) is 0 Å².